The van der Waals surface area contributed by atoms with Crippen LogP contribution in [0.4, 0.5) is 0 Å². The van der Waals surface area contributed by atoms with Gasteiger partial charge in [-0.25, -0.2) is 0 Å². The van der Waals surface area contributed by atoms with Crippen molar-refractivity contribution in [3.8, 4) is 5.75 Å². The number of rotatable bonds is 6. The maximum absolute atomic E-state index is 6.68. The molecule has 0 spiro atoms. The molecule has 1 heterocycles. The monoisotopic (exact) mass is 470 g/mol. The summed E-state index contributed by atoms with van der Waals surface area (Å²) in [5.74, 6) is 0.831. The van der Waals surface area contributed by atoms with E-state index in [1.54, 1.807) is 7.11 Å². The Morgan fingerprint density at radius 3 is 1.71 bits per heavy atom. The maximum atomic E-state index is 6.68. The Labute approximate surface area is 205 Å². The quantitative estimate of drug-likeness (QED) is 0.309. The molecular weight excluding hydrogens is 435 g/mol. The topological polar surface area (TPSA) is 27.7 Å². The third-order valence-corrected chi connectivity index (χ3v) is 10.9. The summed E-state index contributed by atoms with van der Waals surface area (Å²) >= 11 is 0. The Hall–Kier alpha value is -2.60. The van der Waals surface area contributed by atoms with E-state index in [-0.39, 0.29) is 0 Å². The zero-order chi connectivity index (χ0) is 24.6. The number of hydrogen-bond donors (Lipinski definition) is 0. The van der Waals surface area contributed by atoms with Crippen LogP contribution in [0.5, 0.6) is 5.75 Å². The second-order valence-corrected chi connectivity index (χ2v) is 14.8. The predicted octanol–water partition coefficient (Wildman–Crippen LogP) is 6.39. The van der Waals surface area contributed by atoms with E-state index < -0.39 is 26.4 Å². The van der Waals surface area contributed by atoms with Gasteiger partial charge in [0.25, 0.3) is 0 Å². The fourth-order valence-corrected chi connectivity index (χ4v) is 7.73. The summed E-state index contributed by atoms with van der Waals surface area (Å²) < 4.78 is 18.8. The highest BCUT2D eigenvalue weighted by atomic mass is 28.3. The van der Waals surface area contributed by atoms with Crippen LogP contribution in [0.15, 0.2) is 84.9 Å². The van der Waals surface area contributed by atoms with E-state index in [0.29, 0.717) is 0 Å². The highest BCUT2D eigenvalue weighted by Crippen LogP contribution is 2.44. The zero-order valence-corrected chi connectivity index (χ0v) is 22.4. The molecular formula is C29H35BO3Si. The Bertz CT molecular complexity index is 1140. The van der Waals surface area contributed by atoms with Gasteiger partial charge in [0.15, 0.2) is 0 Å². The van der Waals surface area contributed by atoms with E-state index in [2.05, 4.69) is 114 Å². The lowest BCUT2D eigenvalue weighted by atomic mass is 9.73. The molecule has 3 nitrogen and oxygen atoms in total. The molecule has 0 radical (unpaired) electrons. The van der Waals surface area contributed by atoms with Crippen LogP contribution in [-0.2, 0) is 9.31 Å². The summed E-state index contributed by atoms with van der Waals surface area (Å²) in [5, 5.41) is 2.69. The molecule has 176 valence electrons. The molecule has 1 saturated heterocycles. The molecule has 34 heavy (non-hydrogen) atoms. The SMILES string of the molecule is COc1ccc(/C(B2OC(C)(C)C(C)(C)O2)=C(\c2ccccc2)[Si](C)(C)c2ccccc2)cc1. The molecule has 0 N–H and O–H groups in total. The van der Waals surface area contributed by atoms with Crippen LogP contribution < -0.4 is 9.92 Å². The third kappa shape index (κ3) is 4.52. The van der Waals surface area contributed by atoms with Gasteiger partial charge in [0, 0.05) is 0 Å². The lowest BCUT2D eigenvalue weighted by molar-refractivity contribution is 0.00578. The minimum atomic E-state index is -2.19. The highest BCUT2D eigenvalue weighted by Gasteiger charge is 2.54. The second-order valence-electron chi connectivity index (χ2n) is 10.5. The fraction of sp³-hybridized carbons (Fsp3) is 0.310. The highest BCUT2D eigenvalue weighted by molar-refractivity contribution is 7.07. The van der Waals surface area contributed by atoms with Gasteiger partial charge in [-0.3, -0.25) is 0 Å². The molecule has 0 bridgehead atoms. The average molecular weight is 470 g/mol. The minimum Gasteiger partial charge on any atom is -0.497 e. The Morgan fingerprint density at radius 2 is 1.21 bits per heavy atom. The van der Waals surface area contributed by atoms with E-state index in [0.717, 1.165) is 16.8 Å². The van der Waals surface area contributed by atoms with Gasteiger partial charge >= 0.3 is 7.12 Å². The van der Waals surface area contributed by atoms with Gasteiger partial charge in [0.05, 0.1) is 18.3 Å². The summed E-state index contributed by atoms with van der Waals surface area (Å²) in [5.41, 5.74) is 2.54. The van der Waals surface area contributed by atoms with Gasteiger partial charge in [-0.2, -0.15) is 0 Å². The fourth-order valence-electron chi connectivity index (χ4n) is 4.59. The van der Waals surface area contributed by atoms with Crippen molar-refractivity contribution in [2.75, 3.05) is 7.11 Å². The van der Waals surface area contributed by atoms with Crippen molar-refractivity contribution < 1.29 is 14.0 Å². The maximum Gasteiger partial charge on any atom is 0.495 e. The van der Waals surface area contributed by atoms with E-state index in [9.17, 15) is 0 Å². The summed E-state index contributed by atoms with van der Waals surface area (Å²) in [6, 6.07) is 29.8. The van der Waals surface area contributed by atoms with Crippen LogP contribution in [0.3, 0.4) is 0 Å². The molecule has 0 atom stereocenters. The lowest BCUT2D eigenvalue weighted by Gasteiger charge is -2.32. The van der Waals surface area contributed by atoms with Crippen molar-refractivity contribution in [2.45, 2.75) is 52.0 Å². The standard InChI is InChI=1S/C29H35BO3Si/c1-28(2)29(3,4)33-30(32-28)26(22-18-20-24(31-5)21-19-22)27(23-14-10-8-11-15-23)34(6,7)25-16-12-9-13-17-25/h8-21H,1-7H3/b27-26-. The van der Waals surface area contributed by atoms with Crippen LogP contribution in [0.2, 0.25) is 13.1 Å². The average Bonchev–Trinajstić information content (AvgIpc) is 3.04. The summed E-state index contributed by atoms with van der Waals surface area (Å²) in [4.78, 5) is 0. The van der Waals surface area contributed by atoms with Crippen LogP contribution in [0.25, 0.3) is 10.7 Å². The van der Waals surface area contributed by atoms with Gasteiger partial charge in [0.2, 0.25) is 0 Å². The van der Waals surface area contributed by atoms with Crippen molar-refractivity contribution in [3.63, 3.8) is 0 Å². The van der Waals surface area contributed by atoms with Gasteiger partial charge in [-0.05, 0) is 61.6 Å². The predicted molar refractivity (Wildman–Crippen MR) is 146 cm³/mol. The van der Waals surface area contributed by atoms with Crippen LogP contribution in [-0.4, -0.2) is 33.5 Å². The molecule has 0 unspecified atom stereocenters. The second kappa shape index (κ2) is 9.22. The Morgan fingerprint density at radius 1 is 0.706 bits per heavy atom. The van der Waals surface area contributed by atoms with E-state index in [1.807, 2.05) is 12.1 Å². The van der Waals surface area contributed by atoms with Crippen LogP contribution in [0.1, 0.15) is 38.8 Å². The smallest absolute Gasteiger partial charge is 0.495 e. The molecule has 0 aromatic heterocycles. The molecule has 1 fully saturated rings. The Kier molecular flexibility index (Phi) is 6.65. The van der Waals surface area contributed by atoms with Crippen molar-refractivity contribution in [1.82, 2.24) is 0 Å². The first-order valence-corrected chi connectivity index (χ1v) is 14.9. The first-order valence-electron chi connectivity index (χ1n) is 11.9. The van der Waals surface area contributed by atoms with Gasteiger partial charge in [-0.15, -0.1) is 0 Å². The number of methoxy groups -OCH3 is 1. The molecule has 0 aliphatic carbocycles. The van der Waals surface area contributed by atoms with Crippen LogP contribution >= 0.6 is 0 Å². The minimum absolute atomic E-state index is 0.435. The molecule has 3 aromatic carbocycles. The number of ether oxygens (including phenoxy) is 1. The Balaban J connectivity index is 2.04. The lowest BCUT2D eigenvalue weighted by Crippen LogP contribution is -2.44. The number of benzene rings is 3. The van der Waals surface area contributed by atoms with Crippen molar-refractivity contribution >= 4 is 31.0 Å². The van der Waals surface area contributed by atoms with E-state index >= 15 is 0 Å². The molecule has 0 saturated carbocycles. The summed E-state index contributed by atoms with van der Waals surface area (Å²) in [6.07, 6.45) is 0. The molecule has 0 amide bonds. The van der Waals surface area contributed by atoms with E-state index in [4.69, 9.17) is 14.0 Å². The van der Waals surface area contributed by atoms with Gasteiger partial charge < -0.3 is 14.0 Å². The largest absolute Gasteiger partial charge is 0.497 e. The molecule has 5 heteroatoms. The normalized spacial score (nSPS) is 17.9. The van der Waals surface area contributed by atoms with Gasteiger partial charge in [0.1, 0.15) is 13.8 Å². The number of hydrogen-bond acceptors (Lipinski definition) is 3. The summed E-state index contributed by atoms with van der Waals surface area (Å²) in [7, 11) is -0.976. The summed E-state index contributed by atoms with van der Waals surface area (Å²) in [6.45, 7) is 13.3. The van der Waals surface area contributed by atoms with Crippen molar-refractivity contribution in [3.05, 3.63) is 96.1 Å². The van der Waals surface area contributed by atoms with Gasteiger partial charge in [-0.1, -0.05) is 91.1 Å². The van der Waals surface area contributed by atoms with Crippen molar-refractivity contribution in [2.24, 2.45) is 0 Å². The molecule has 4 rings (SSSR count). The zero-order valence-electron chi connectivity index (χ0n) is 21.4. The third-order valence-electron chi connectivity index (χ3n) is 7.34. The van der Waals surface area contributed by atoms with Crippen LogP contribution in [0, 0.1) is 0 Å². The molecule has 3 aromatic rings. The first-order chi connectivity index (χ1) is 16.1. The molecule has 1 aliphatic heterocycles. The van der Waals surface area contributed by atoms with Crippen molar-refractivity contribution in [1.29, 1.82) is 0 Å². The molecule has 1 aliphatic rings. The first kappa shape index (κ1) is 24.5. The van der Waals surface area contributed by atoms with E-state index in [1.165, 1.54) is 15.9 Å².